The lowest BCUT2D eigenvalue weighted by atomic mass is 10.1. The van der Waals surface area contributed by atoms with Gasteiger partial charge in [-0.1, -0.05) is 6.92 Å². The fourth-order valence-corrected chi connectivity index (χ4v) is 1.49. The molecule has 0 aliphatic rings. The number of nitrogens with zero attached hydrogens (tertiary/aromatic N) is 1. The van der Waals surface area contributed by atoms with Gasteiger partial charge in [0.25, 0.3) is 0 Å². The zero-order chi connectivity index (χ0) is 14.3. The third kappa shape index (κ3) is 5.13. The number of nitrogens with one attached hydrogen (secondary N) is 2. The predicted molar refractivity (Wildman–Crippen MR) is 66.2 cm³/mol. The monoisotopic (exact) mass is 259 g/mol. The number of aliphatic carboxylic acids is 1. The van der Waals surface area contributed by atoms with Crippen molar-refractivity contribution in [3.63, 3.8) is 0 Å². The van der Waals surface area contributed by atoms with Crippen molar-refractivity contribution < 1.29 is 19.5 Å². The highest BCUT2D eigenvalue weighted by atomic mass is 16.4. The number of urea groups is 1. The van der Waals surface area contributed by atoms with Crippen molar-refractivity contribution in [1.29, 1.82) is 0 Å². The number of carbonyl (C=O) groups is 3. The van der Waals surface area contributed by atoms with E-state index in [1.165, 1.54) is 7.05 Å². The predicted octanol–water partition coefficient (Wildman–Crippen LogP) is 0.0156. The molecule has 0 aromatic heterocycles. The van der Waals surface area contributed by atoms with Gasteiger partial charge in [-0.25, -0.2) is 4.79 Å². The Labute approximate surface area is 107 Å². The molecular weight excluding hydrogens is 238 g/mol. The van der Waals surface area contributed by atoms with Crippen LogP contribution in [0.25, 0.3) is 0 Å². The summed E-state index contributed by atoms with van der Waals surface area (Å²) in [5, 5.41) is 13.2. The molecule has 7 heteroatoms. The molecule has 0 radical (unpaired) electrons. The lowest BCUT2D eigenvalue weighted by Gasteiger charge is -2.31. The summed E-state index contributed by atoms with van der Waals surface area (Å²) in [6, 6.07) is -1.36. The zero-order valence-electron chi connectivity index (χ0n) is 11.2. The highest BCUT2D eigenvalue weighted by Gasteiger charge is 2.27. The molecular formula is C11H21N3O4. The first kappa shape index (κ1) is 16.4. The van der Waals surface area contributed by atoms with E-state index in [4.69, 9.17) is 5.11 Å². The van der Waals surface area contributed by atoms with Crippen LogP contribution in [0.3, 0.4) is 0 Å². The standard InChI is InChI=1S/C11H21N3O4/c1-5-7(2)14(6-9(15)16)8(3)10(17)13-11(18)12-4/h7-8H,5-6H2,1-4H3,(H,15,16)(H2,12,13,17,18). The summed E-state index contributed by atoms with van der Waals surface area (Å²) in [5.74, 6) is -1.52. The smallest absolute Gasteiger partial charge is 0.321 e. The van der Waals surface area contributed by atoms with Crippen molar-refractivity contribution in [1.82, 2.24) is 15.5 Å². The van der Waals surface area contributed by atoms with E-state index in [0.29, 0.717) is 6.42 Å². The van der Waals surface area contributed by atoms with E-state index in [-0.39, 0.29) is 12.6 Å². The molecule has 104 valence electrons. The molecule has 2 atom stereocenters. The first-order chi connectivity index (χ1) is 8.33. The first-order valence-electron chi connectivity index (χ1n) is 5.83. The minimum Gasteiger partial charge on any atom is -0.480 e. The van der Waals surface area contributed by atoms with E-state index in [2.05, 4.69) is 10.6 Å². The number of amides is 3. The Morgan fingerprint density at radius 3 is 2.22 bits per heavy atom. The molecule has 0 rings (SSSR count). The molecule has 0 aromatic carbocycles. The quantitative estimate of drug-likeness (QED) is 0.624. The van der Waals surface area contributed by atoms with Crippen molar-refractivity contribution in [3.05, 3.63) is 0 Å². The van der Waals surface area contributed by atoms with Gasteiger partial charge < -0.3 is 10.4 Å². The van der Waals surface area contributed by atoms with Crippen LogP contribution in [-0.2, 0) is 9.59 Å². The summed E-state index contributed by atoms with van der Waals surface area (Å²) in [6.45, 7) is 5.08. The highest BCUT2D eigenvalue weighted by Crippen LogP contribution is 2.08. The summed E-state index contributed by atoms with van der Waals surface area (Å²) >= 11 is 0. The van der Waals surface area contributed by atoms with Gasteiger partial charge in [0.15, 0.2) is 0 Å². The SMILES string of the molecule is CCC(C)N(CC(=O)O)C(C)C(=O)NC(=O)NC. The number of hydrogen-bond acceptors (Lipinski definition) is 4. The van der Waals surface area contributed by atoms with Crippen molar-refractivity contribution in [2.24, 2.45) is 0 Å². The molecule has 7 nitrogen and oxygen atoms in total. The van der Waals surface area contributed by atoms with Gasteiger partial charge in [0, 0.05) is 13.1 Å². The fourth-order valence-electron chi connectivity index (χ4n) is 1.49. The van der Waals surface area contributed by atoms with Crippen LogP contribution >= 0.6 is 0 Å². The van der Waals surface area contributed by atoms with Crippen LogP contribution in [0.4, 0.5) is 4.79 Å². The maximum absolute atomic E-state index is 11.7. The Balaban J connectivity index is 4.72. The Morgan fingerprint density at radius 1 is 1.28 bits per heavy atom. The fraction of sp³-hybridized carbons (Fsp3) is 0.727. The van der Waals surface area contributed by atoms with Gasteiger partial charge in [-0.3, -0.25) is 19.8 Å². The van der Waals surface area contributed by atoms with Gasteiger partial charge in [-0.05, 0) is 20.3 Å². The van der Waals surface area contributed by atoms with E-state index in [0.717, 1.165) is 0 Å². The normalized spacial score (nSPS) is 13.8. The maximum atomic E-state index is 11.7. The van der Waals surface area contributed by atoms with Crippen molar-refractivity contribution in [3.8, 4) is 0 Å². The van der Waals surface area contributed by atoms with Crippen molar-refractivity contribution in [2.45, 2.75) is 39.3 Å². The minimum atomic E-state index is -1.00. The topological polar surface area (TPSA) is 98.7 Å². The molecule has 0 aliphatic carbocycles. The van der Waals surface area contributed by atoms with E-state index in [1.807, 2.05) is 13.8 Å². The molecule has 18 heavy (non-hydrogen) atoms. The molecule has 3 N–H and O–H groups in total. The lowest BCUT2D eigenvalue weighted by molar-refractivity contribution is -0.140. The van der Waals surface area contributed by atoms with Crippen LogP contribution < -0.4 is 10.6 Å². The summed E-state index contributed by atoms with van der Waals surface area (Å²) in [7, 11) is 1.40. The average Bonchev–Trinajstić information content (AvgIpc) is 2.33. The lowest BCUT2D eigenvalue weighted by Crippen LogP contribution is -2.52. The van der Waals surface area contributed by atoms with Gasteiger partial charge in [0.05, 0.1) is 12.6 Å². The second-order valence-corrected chi connectivity index (χ2v) is 4.07. The molecule has 0 bridgehead atoms. The number of carboxylic acids is 1. The summed E-state index contributed by atoms with van der Waals surface area (Å²) in [4.78, 5) is 35.1. The molecule has 3 amide bonds. The van der Waals surface area contributed by atoms with Crippen LogP contribution in [0.2, 0.25) is 0 Å². The van der Waals surface area contributed by atoms with E-state index in [9.17, 15) is 14.4 Å². The summed E-state index contributed by atoms with van der Waals surface area (Å²) in [6.07, 6.45) is 0.713. The Bertz CT molecular complexity index is 319. The largest absolute Gasteiger partial charge is 0.480 e. The van der Waals surface area contributed by atoms with Gasteiger partial charge in [0.1, 0.15) is 0 Å². The van der Waals surface area contributed by atoms with Crippen LogP contribution in [0.15, 0.2) is 0 Å². The first-order valence-corrected chi connectivity index (χ1v) is 5.83. The molecule has 0 saturated carbocycles. The van der Waals surface area contributed by atoms with E-state index >= 15 is 0 Å². The molecule has 0 fully saturated rings. The summed E-state index contributed by atoms with van der Waals surface area (Å²) in [5.41, 5.74) is 0. The van der Waals surface area contributed by atoms with Gasteiger partial charge in [-0.15, -0.1) is 0 Å². The Morgan fingerprint density at radius 2 is 1.83 bits per heavy atom. The number of carboxylic acid groups (broad SMARTS) is 1. The van der Waals surface area contributed by atoms with Crippen molar-refractivity contribution >= 4 is 17.9 Å². The number of rotatable bonds is 6. The third-order valence-electron chi connectivity index (χ3n) is 2.82. The molecule has 0 heterocycles. The molecule has 2 unspecified atom stereocenters. The minimum absolute atomic E-state index is 0.0634. The van der Waals surface area contributed by atoms with E-state index < -0.39 is 23.9 Å². The molecule has 0 aliphatic heterocycles. The van der Waals surface area contributed by atoms with Gasteiger partial charge in [-0.2, -0.15) is 0 Å². The number of imide groups is 1. The Hall–Kier alpha value is -1.63. The maximum Gasteiger partial charge on any atom is 0.321 e. The zero-order valence-corrected chi connectivity index (χ0v) is 11.2. The second-order valence-electron chi connectivity index (χ2n) is 4.07. The summed E-state index contributed by atoms with van der Waals surface area (Å²) < 4.78 is 0. The molecule has 0 aromatic rings. The van der Waals surface area contributed by atoms with Crippen LogP contribution in [0, 0.1) is 0 Å². The number of hydrogen-bond donors (Lipinski definition) is 3. The van der Waals surface area contributed by atoms with E-state index in [1.54, 1.807) is 11.8 Å². The van der Waals surface area contributed by atoms with Crippen LogP contribution in [-0.4, -0.2) is 53.6 Å². The third-order valence-corrected chi connectivity index (χ3v) is 2.82. The number of carbonyl (C=O) groups excluding carboxylic acids is 2. The Kier molecular flexibility index (Phi) is 6.96. The van der Waals surface area contributed by atoms with Gasteiger partial charge >= 0.3 is 12.0 Å². The average molecular weight is 259 g/mol. The van der Waals surface area contributed by atoms with Crippen LogP contribution in [0.1, 0.15) is 27.2 Å². The van der Waals surface area contributed by atoms with Gasteiger partial charge in [0.2, 0.25) is 5.91 Å². The highest BCUT2D eigenvalue weighted by molar-refractivity contribution is 5.96. The molecule has 0 spiro atoms. The van der Waals surface area contributed by atoms with Crippen molar-refractivity contribution in [2.75, 3.05) is 13.6 Å². The van der Waals surface area contributed by atoms with Crippen LogP contribution in [0.5, 0.6) is 0 Å². The second kappa shape index (κ2) is 7.65. The molecule has 0 saturated heterocycles.